The van der Waals surface area contributed by atoms with E-state index in [4.69, 9.17) is 21.2 Å². The van der Waals surface area contributed by atoms with Crippen LogP contribution >= 0.6 is 11.6 Å². The number of carboxylic acid groups (broad SMARTS) is 1. The van der Waals surface area contributed by atoms with Crippen molar-refractivity contribution in [2.75, 3.05) is 5.32 Å². The summed E-state index contributed by atoms with van der Waals surface area (Å²) in [6, 6.07) is 3.46. The van der Waals surface area contributed by atoms with Gasteiger partial charge in [0, 0.05) is 0 Å². The van der Waals surface area contributed by atoms with Gasteiger partial charge in [-0.3, -0.25) is 0 Å². The molecule has 2 amide bonds. The van der Waals surface area contributed by atoms with E-state index in [1.165, 1.54) is 18.2 Å². The van der Waals surface area contributed by atoms with Crippen LogP contribution in [0.4, 0.5) is 10.5 Å². The fourth-order valence-corrected chi connectivity index (χ4v) is 1.71. The SMILES string of the molecule is Cc1noc(CNC(=O)Nc2ccc(C(=O)O)cc2Cl)n1. The van der Waals surface area contributed by atoms with Crippen LogP contribution < -0.4 is 10.6 Å². The first kappa shape index (κ1) is 14.8. The second-order valence-electron chi connectivity index (χ2n) is 4.04. The predicted octanol–water partition coefficient (Wildman–Crippen LogP) is 2.05. The molecule has 0 saturated carbocycles. The minimum Gasteiger partial charge on any atom is -0.478 e. The van der Waals surface area contributed by atoms with Crippen molar-refractivity contribution in [3.63, 3.8) is 0 Å². The maximum Gasteiger partial charge on any atom is 0.335 e. The van der Waals surface area contributed by atoms with Crippen LogP contribution in [-0.2, 0) is 6.54 Å². The Morgan fingerprint density at radius 3 is 2.76 bits per heavy atom. The quantitative estimate of drug-likeness (QED) is 0.795. The van der Waals surface area contributed by atoms with E-state index in [-0.39, 0.29) is 23.0 Å². The van der Waals surface area contributed by atoms with Crippen molar-refractivity contribution in [2.24, 2.45) is 0 Å². The summed E-state index contributed by atoms with van der Waals surface area (Å²) in [5.74, 6) is -0.353. The number of aromatic carboxylic acids is 1. The molecule has 0 unspecified atom stereocenters. The molecule has 2 rings (SSSR count). The van der Waals surface area contributed by atoms with E-state index in [9.17, 15) is 9.59 Å². The Hall–Kier alpha value is -2.61. The fraction of sp³-hybridized carbons (Fsp3) is 0.167. The van der Waals surface area contributed by atoms with Crippen LogP contribution in [0.15, 0.2) is 22.7 Å². The van der Waals surface area contributed by atoms with Gasteiger partial charge in [0.15, 0.2) is 5.82 Å². The van der Waals surface area contributed by atoms with Gasteiger partial charge in [-0.15, -0.1) is 0 Å². The van der Waals surface area contributed by atoms with E-state index in [1.807, 2.05) is 0 Å². The number of carbonyl (C=O) groups excluding carboxylic acids is 1. The van der Waals surface area contributed by atoms with Gasteiger partial charge in [0.05, 0.1) is 22.8 Å². The highest BCUT2D eigenvalue weighted by atomic mass is 35.5. The normalized spacial score (nSPS) is 10.2. The summed E-state index contributed by atoms with van der Waals surface area (Å²) in [6.07, 6.45) is 0. The highest BCUT2D eigenvalue weighted by Gasteiger charge is 2.10. The third-order valence-corrected chi connectivity index (χ3v) is 2.75. The Balaban J connectivity index is 1.94. The van der Waals surface area contributed by atoms with Crippen molar-refractivity contribution in [2.45, 2.75) is 13.5 Å². The van der Waals surface area contributed by atoms with E-state index in [0.717, 1.165) is 0 Å². The highest BCUT2D eigenvalue weighted by Crippen LogP contribution is 2.22. The number of hydrogen-bond donors (Lipinski definition) is 3. The summed E-state index contributed by atoms with van der Waals surface area (Å²) in [6.45, 7) is 1.73. The van der Waals surface area contributed by atoms with Crippen LogP contribution in [0.1, 0.15) is 22.1 Å². The summed E-state index contributed by atoms with van der Waals surface area (Å²) in [4.78, 5) is 26.4. The first-order valence-electron chi connectivity index (χ1n) is 5.82. The molecular weight excluding hydrogens is 300 g/mol. The first-order chi connectivity index (χ1) is 9.95. The summed E-state index contributed by atoms with van der Waals surface area (Å²) < 4.78 is 4.84. The Labute approximate surface area is 124 Å². The smallest absolute Gasteiger partial charge is 0.335 e. The molecule has 3 N–H and O–H groups in total. The molecule has 0 radical (unpaired) electrons. The Kier molecular flexibility index (Phi) is 4.39. The summed E-state index contributed by atoms with van der Waals surface area (Å²) in [7, 11) is 0. The first-order valence-corrected chi connectivity index (χ1v) is 6.20. The zero-order valence-electron chi connectivity index (χ0n) is 10.9. The monoisotopic (exact) mass is 310 g/mol. The van der Waals surface area contributed by atoms with E-state index in [0.29, 0.717) is 11.5 Å². The van der Waals surface area contributed by atoms with Gasteiger partial charge in [0.25, 0.3) is 0 Å². The Morgan fingerprint density at radius 1 is 1.43 bits per heavy atom. The molecule has 1 aromatic carbocycles. The van der Waals surface area contributed by atoms with Crippen LogP contribution in [0.3, 0.4) is 0 Å². The van der Waals surface area contributed by atoms with Gasteiger partial charge in [-0.05, 0) is 25.1 Å². The Morgan fingerprint density at radius 2 is 2.19 bits per heavy atom. The number of anilines is 1. The average Bonchev–Trinajstić information content (AvgIpc) is 2.84. The minimum atomic E-state index is -1.10. The van der Waals surface area contributed by atoms with Gasteiger partial charge in [-0.2, -0.15) is 4.98 Å². The van der Waals surface area contributed by atoms with Crippen molar-refractivity contribution in [3.8, 4) is 0 Å². The summed E-state index contributed by atoms with van der Waals surface area (Å²) in [5.41, 5.74) is 0.327. The molecule has 2 aromatic rings. The lowest BCUT2D eigenvalue weighted by atomic mass is 10.2. The van der Waals surface area contributed by atoms with Crippen molar-refractivity contribution in [1.82, 2.24) is 15.5 Å². The van der Waals surface area contributed by atoms with Gasteiger partial charge in [0.2, 0.25) is 5.89 Å². The number of carboxylic acids is 1. The van der Waals surface area contributed by atoms with Crippen LogP contribution in [0.5, 0.6) is 0 Å². The average molecular weight is 311 g/mol. The lowest BCUT2D eigenvalue weighted by Crippen LogP contribution is -2.28. The number of hydrogen-bond acceptors (Lipinski definition) is 5. The number of aryl methyl sites for hydroxylation is 1. The third kappa shape index (κ3) is 3.93. The molecule has 1 heterocycles. The van der Waals surface area contributed by atoms with E-state index >= 15 is 0 Å². The van der Waals surface area contributed by atoms with E-state index in [2.05, 4.69) is 20.8 Å². The molecule has 0 bridgehead atoms. The molecule has 0 atom stereocenters. The molecule has 0 spiro atoms. The summed E-state index contributed by atoms with van der Waals surface area (Å²) in [5, 5.41) is 17.5. The largest absolute Gasteiger partial charge is 0.478 e. The summed E-state index contributed by atoms with van der Waals surface area (Å²) >= 11 is 5.89. The van der Waals surface area contributed by atoms with Crippen molar-refractivity contribution >= 4 is 29.3 Å². The molecule has 9 heteroatoms. The van der Waals surface area contributed by atoms with Gasteiger partial charge >= 0.3 is 12.0 Å². The van der Waals surface area contributed by atoms with Crippen LogP contribution in [0.25, 0.3) is 0 Å². The lowest BCUT2D eigenvalue weighted by molar-refractivity contribution is 0.0697. The number of nitrogens with zero attached hydrogens (tertiary/aromatic N) is 2. The van der Waals surface area contributed by atoms with Crippen LogP contribution in [-0.4, -0.2) is 27.2 Å². The molecule has 0 aliphatic carbocycles. The molecule has 110 valence electrons. The minimum absolute atomic E-state index is 0.0345. The lowest BCUT2D eigenvalue weighted by Gasteiger charge is -2.08. The topological polar surface area (TPSA) is 117 Å². The van der Waals surface area contributed by atoms with Gasteiger partial charge in [-0.1, -0.05) is 16.8 Å². The number of rotatable bonds is 4. The highest BCUT2D eigenvalue weighted by molar-refractivity contribution is 6.34. The molecule has 21 heavy (non-hydrogen) atoms. The zero-order valence-corrected chi connectivity index (χ0v) is 11.6. The van der Waals surface area contributed by atoms with Gasteiger partial charge < -0.3 is 20.3 Å². The van der Waals surface area contributed by atoms with Gasteiger partial charge in [0.1, 0.15) is 0 Å². The standard InChI is InChI=1S/C12H11ClN4O4/c1-6-15-10(21-17-6)5-14-12(20)16-9-3-2-7(11(18)19)4-8(9)13/h2-4H,5H2,1H3,(H,18,19)(H2,14,16,20). The second kappa shape index (κ2) is 6.23. The third-order valence-electron chi connectivity index (χ3n) is 2.43. The molecule has 1 aromatic heterocycles. The zero-order chi connectivity index (χ0) is 15.4. The number of aromatic nitrogens is 2. The number of benzene rings is 1. The molecule has 0 aliphatic rings. The van der Waals surface area contributed by atoms with E-state index < -0.39 is 12.0 Å². The number of halogens is 1. The molecule has 8 nitrogen and oxygen atoms in total. The number of amides is 2. The maximum atomic E-state index is 11.7. The molecule has 0 aliphatic heterocycles. The maximum absolute atomic E-state index is 11.7. The molecule has 0 fully saturated rings. The van der Waals surface area contributed by atoms with Gasteiger partial charge in [-0.25, -0.2) is 9.59 Å². The predicted molar refractivity (Wildman–Crippen MR) is 73.3 cm³/mol. The molecule has 0 saturated heterocycles. The van der Waals surface area contributed by atoms with E-state index in [1.54, 1.807) is 6.92 Å². The van der Waals surface area contributed by atoms with Crippen LogP contribution in [0.2, 0.25) is 5.02 Å². The van der Waals surface area contributed by atoms with Crippen molar-refractivity contribution in [3.05, 3.63) is 40.5 Å². The second-order valence-corrected chi connectivity index (χ2v) is 4.45. The number of urea groups is 1. The fourth-order valence-electron chi connectivity index (χ4n) is 1.48. The Bertz CT molecular complexity index is 686. The number of carbonyl (C=O) groups is 2. The van der Waals surface area contributed by atoms with Crippen molar-refractivity contribution < 1.29 is 19.2 Å². The van der Waals surface area contributed by atoms with Crippen LogP contribution in [0, 0.1) is 6.92 Å². The molecular formula is C12H11ClN4O4. The number of nitrogens with one attached hydrogen (secondary N) is 2. The van der Waals surface area contributed by atoms with Crippen molar-refractivity contribution in [1.29, 1.82) is 0 Å².